The highest BCUT2D eigenvalue weighted by Crippen LogP contribution is 2.31. The Balaban J connectivity index is 2.47. The van der Waals surface area contributed by atoms with Crippen molar-refractivity contribution in [2.24, 2.45) is 0 Å². The van der Waals surface area contributed by atoms with Crippen LogP contribution in [0.4, 0.5) is 5.69 Å². The number of para-hydroxylation sites is 2. The van der Waals surface area contributed by atoms with Crippen LogP contribution in [0, 0.1) is 0 Å². The second-order valence-corrected chi connectivity index (χ2v) is 4.44. The Hall–Kier alpha value is -1.74. The second kappa shape index (κ2) is 4.26. The third-order valence-electron chi connectivity index (χ3n) is 2.79. The number of hydrogen-bond acceptors (Lipinski definition) is 3. The van der Waals surface area contributed by atoms with Crippen molar-refractivity contribution in [1.29, 1.82) is 0 Å². The van der Waals surface area contributed by atoms with Crippen molar-refractivity contribution in [3.63, 3.8) is 0 Å². The van der Waals surface area contributed by atoms with Gasteiger partial charge in [0.25, 0.3) is 0 Å². The Kier molecular flexibility index (Phi) is 2.61. The predicted octanol–water partition coefficient (Wildman–Crippen LogP) is 4.08. The first-order valence-electron chi connectivity index (χ1n) is 5.46. The summed E-state index contributed by atoms with van der Waals surface area (Å²) in [4.78, 5) is 4.67. The van der Waals surface area contributed by atoms with Gasteiger partial charge in [-0.3, -0.25) is 0 Å². The molecule has 2 nitrogen and oxygen atoms in total. The van der Waals surface area contributed by atoms with Gasteiger partial charge in [0, 0.05) is 17.0 Å². The molecule has 2 aromatic carbocycles. The van der Waals surface area contributed by atoms with E-state index in [1.807, 2.05) is 42.7 Å². The second-order valence-electron chi connectivity index (χ2n) is 3.83. The van der Waals surface area contributed by atoms with Gasteiger partial charge in [0.15, 0.2) is 0 Å². The van der Waals surface area contributed by atoms with Gasteiger partial charge in [0.05, 0.1) is 16.7 Å². The highest BCUT2D eigenvalue weighted by atomic mass is 32.2. The Bertz CT molecular complexity index is 625. The van der Waals surface area contributed by atoms with E-state index >= 15 is 0 Å². The molecule has 84 valence electrons. The van der Waals surface area contributed by atoms with Crippen LogP contribution in [0.2, 0.25) is 0 Å². The zero-order valence-electron chi connectivity index (χ0n) is 9.47. The summed E-state index contributed by atoms with van der Waals surface area (Å²) in [7, 11) is 0. The van der Waals surface area contributed by atoms with Crippen LogP contribution in [0.1, 0.15) is 0 Å². The molecule has 0 bridgehead atoms. The minimum Gasteiger partial charge on any atom is -0.329 e. The maximum Gasteiger partial charge on any atom is 0.0730 e. The molecule has 3 heteroatoms. The molecule has 0 atom stereocenters. The SMILES string of the molecule is CSNc1c2ccccc2nc2ccccc12. The van der Waals surface area contributed by atoms with Gasteiger partial charge in [-0.2, -0.15) is 0 Å². The van der Waals surface area contributed by atoms with Crippen molar-refractivity contribution in [3.05, 3.63) is 48.5 Å². The summed E-state index contributed by atoms with van der Waals surface area (Å²) < 4.78 is 3.37. The molecule has 0 fully saturated rings. The number of fused-ring (bicyclic) bond motifs is 2. The first-order chi connectivity index (χ1) is 8.40. The van der Waals surface area contributed by atoms with E-state index in [1.165, 1.54) is 10.8 Å². The lowest BCUT2D eigenvalue weighted by atomic mass is 10.1. The number of benzene rings is 2. The van der Waals surface area contributed by atoms with Gasteiger partial charge in [-0.05, 0) is 12.1 Å². The van der Waals surface area contributed by atoms with E-state index in [0.717, 1.165) is 16.7 Å². The highest BCUT2D eigenvalue weighted by molar-refractivity contribution is 7.99. The number of aromatic nitrogens is 1. The summed E-state index contributed by atoms with van der Waals surface area (Å²) >= 11 is 1.61. The van der Waals surface area contributed by atoms with E-state index in [9.17, 15) is 0 Å². The lowest BCUT2D eigenvalue weighted by Crippen LogP contribution is -1.91. The third-order valence-corrected chi connectivity index (χ3v) is 3.20. The minimum absolute atomic E-state index is 1.03. The molecule has 0 amide bonds. The van der Waals surface area contributed by atoms with E-state index in [2.05, 4.69) is 21.8 Å². The molecule has 0 radical (unpaired) electrons. The number of nitrogens with one attached hydrogen (secondary N) is 1. The van der Waals surface area contributed by atoms with Crippen LogP contribution in [0.25, 0.3) is 21.8 Å². The zero-order valence-corrected chi connectivity index (χ0v) is 10.3. The Morgan fingerprint density at radius 3 is 1.94 bits per heavy atom. The molecular weight excluding hydrogens is 228 g/mol. The van der Waals surface area contributed by atoms with Crippen LogP contribution < -0.4 is 4.72 Å². The van der Waals surface area contributed by atoms with E-state index in [1.54, 1.807) is 11.9 Å². The van der Waals surface area contributed by atoms with Gasteiger partial charge in [-0.25, -0.2) is 4.98 Å². The Morgan fingerprint density at radius 1 is 0.882 bits per heavy atom. The molecule has 3 aromatic rings. The first kappa shape index (κ1) is 10.4. The van der Waals surface area contributed by atoms with E-state index < -0.39 is 0 Å². The lowest BCUT2D eigenvalue weighted by molar-refractivity contribution is 1.50. The normalized spacial score (nSPS) is 10.9. The number of pyridine rings is 1. The summed E-state index contributed by atoms with van der Waals surface area (Å²) in [6, 6.07) is 16.4. The van der Waals surface area contributed by atoms with Crippen molar-refractivity contribution in [2.75, 3.05) is 11.0 Å². The molecule has 0 spiro atoms. The molecule has 0 saturated heterocycles. The van der Waals surface area contributed by atoms with E-state index in [4.69, 9.17) is 0 Å². The molecule has 1 aromatic heterocycles. The summed E-state index contributed by atoms with van der Waals surface area (Å²) in [5.74, 6) is 0. The van der Waals surface area contributed by atoms with Crippen LogP contribution >= 0.6 is 11.9 Å². The van der Waals surface area contributed by atoms with Gasteiger partial charge >= 0.3 is 0 Å². The van der Waals surface area contributed by atoms with Gasteiger partial charge < -0.3 is 4.72 Å². The molecule has 0 aliphatic carbocycles. The van der Waals surface area contributed by atoms with Crippen LogP contribution in [0.5, 0.6) is 0 Å². The monoisotopic (exact) mass is 240 g/mol. The molecule has 0 saturated carbocycles. The van der Waals surface area contributed by atoms with Gasteiger partial charge in [0.2, 0.25) is 0 Å². The van der Waals surface area contributed by atoms with Crippen LogP contribution in [0.15, 0.2) is 48.5 Å². The molecule has 0 aliphatic heterocycles. The van der Waals surface area contributed by atoms with Crippen LogP contribution in [-0.4, -0.2) is 11.2 Å². The number of nitrogens with zero attached hydrogens (tertiary/aromatic N) is 1. The summed E-state index contributed by atoms with van der Waals surface area (Å²) in [6.07, 6.45) is 2.03. The topological polar surface area (TPSA) is 24.9 Å². The van der Waals surface area contributed by atoms with E-state index in [0.29, 0.717) is 0 Å². The molecule has 3 rings (SSSR count). The van der Waals surface area contributed by atoms with Crippen molar-refractivity contribution in [2.45, 2.75) is 0 Å². The van der Waals surface area contributed by atoms with Crippen LogP contribution in [0.3, 0.4) is 0 Å². The van der Waals surface area contributed by atoms with E-state index in [-0.39, 0.29) is 0 Å². The minimum atomic E-state index is 1.03. The maximum atomic E-state index is 4.67. The number of hydrogen-bond donors (Lipinski definition) is 1. The predicted molar refractivity (Wildman–Crippen MR) is 76.4 cm³/mol. The van der Waals surface area contributed by atoms with Gasteiger partial charge in [-0.1, -0.05) is 48.3 Å². The Morgan fingerprint density at radius 2 is 1.41 bits per heavy atom. The molecule has 0 aliphatic rings. The summed E-state index contributed by atoms with van der Waals surface area (Å²) in [5.41, 5.74) is 3.21. The van der Waals surface area contributed by atoms with Gasteiger partial charge in [-0.15, -0.1) is 0 Å². The number of rotatable bonds is 2. The van der Waals surface area contributed by atoms with Gasteiger partial charge in [0.1, 0.15) is 0 Å². The van der Waals surface area contributed by atoms with Crippen LogP contribution in [-0.2, 0) is 0 Å². The standard InChI is InChI=1S/C14H12N2S/c1-17-16-14-10-6-2-4-8-12(10)15-13-9-5-3-7-11(13)14/h2-9H,1H3,(H,15,16). The third kappa shape index (κ3) is 1.72. The smallest absolute Gasteiger partial charge is 0.0730 e. The molecular formula is C14H12N2S. The molecule has 1 N–H and O–H groups in total. The first-order valence-corrected chi connectivity index (χ1v) is 6.69. The van der Waals surface area contributed by atoms with Crippen molar-refractivity contribution >= 4 is 39.4 Å². The summed E-state index contributed by atoms with van der Waals surface area (Å²) in [5, 5.41) is 2.33. The fourth-order valence-electron chi connectivity index (χ4n) is 2.05. The fraction of sp³-hybridized carbons (Fsp3) is 0.0714. The average molecular weight is 240 g/mol. The molecule has 0 unspecified atom stereocenters. The van der Waals surface area contributed by atoms with Crippen molar-refractivity contribution < 1.29 is 0 Å². The Labute approximate surface area is 104 Å². The number of anilines is 1. The van der Waals surface area contributed by atoms with Crippen molar-refractivity contribution in [3.8, 4) is 0 Å². The quantitative estimate of drug-likeness (QED) is 0.539. The lowest BCUT2D eigenvalue weighted by Gasteiger charge is -2.10. The van der Waals surface area contributed by atoms with Crippen molar-refractivity contribution in [1.82, 2.24) is 4.98 Å². The maximum absolute atomic E-state index is 4.67. The zero-order chi connectivity index (χ0) is 11.7. The average Bonchev–Trinajstić information content (AvgIpc) is 2.39. The largest absolute Gasteiger partial charge is 0.329 e. The molecule has 17 heavy (non-hydrogen) atoms. The molecule has 1 heterocycles. The highest BCUT2D eigenvalue weighted by Gasteiger charge is 2.07. The summed E-state index contributed by atoms with van der Waals surface area (Å²) in [6.45, 7) is 0. The fourth-order valence-corrected chi connectivity index (χ4v) is 2.48.